The maximum Gasteiger partial charge on any atom is 0.573 e. The molecule has 2 fully saturated rings. The van der Waals surface area contributed by atoms with Gasteiger partial charge in [0.15, 0.2) is 17.3 Å². The summed E-state index contributed by atoms with van der Waals surface area (Å²) in [5.41, 5.74) is 2.32. The second-order valence-electron chi connectivity index (χ2n) is 15.4. The number of carbonyl (C=O) groups excluding carboxylic acids is 4. The van der Waals surface area contributed by atoms with Crippen molar-refractivity contribution in [2.75, 3.05) is 13.2 Å². The van der Waals surface area contributed by atoms with E-state index in [2.05, 4.69) is 15.4 Å². The van der Waals surface area contributed by atoms with Gasteiger partial charge in [-0.1, -0.05) is 85.0 Å². The molecule has 0 spiro atoms. The molecule has 71 heavy (non-hydrogen) atoms. The second kappa shape index (κ2) is 23.7. The van der Waals surface area contributed by atoms with Crippen LogP contribution >= 0.6 is 23.5 Å². The molecule has 17 nitrogen and oxygen atoms in total. The van der Waals surface area contributed by atoms with Crippen molar-refractivity contribution in [2.24, 2.45) is 0 Å². The van der Waals surface area contributed by atoms with Gasteiger partial charge in [-0.2, -0.15) is 0 Å². The first-order valence-corrected chi connectivity index (χ1v) is 23.2. The van der Waals surface area contributed by atoms with E-state index in [1.165, 1.54) is 25.1 Å². The van der Waals surface area contributed by atoms with Crippen molar-refractivity contribution < 1.29 is 78.1 Å². The van der Waals surface area contributed by atoms with Crippen LogP contribution in [0.2, 0.25) is 0 Å². The zero-order valence-corrected chi connectivity index (χ0v) is 39.1. The summed E-state index contributed by atoms with van der Waals surface area (Å²) < 4.78 is 99.6. The highest BCUT2D eigenvalue weighted by Gasteiger charge is 2.33. The molecular formula is C48H42F4N2O15S2. The second-order valence-corrected chi connectivity index (χ2v) is 17.8. The van der Waals surface area contributed by atoms with Crippen LogP contribution in [0.3, 0.4) is 0 Å². The van der Waals surface area contributed by atoms with Crippen molar-refractivity contribution >= 4 is 45.8 Å². The molecule has 0 radical (unpaired) electrons. The number of ether oxygens (including phenoxy) is 5. The lowest BCUT2D eigenvalue weighted by Crippen LogP contribution is -2.25. The number of aryl methyl sites for hydroxylation is 2. The largest absolute Gasteiger partial charge is 0.573 e. The molecule has 4 amide bonds. The summed E-state index contributed by atoms with van der Waals surface area (Å²) in [5.74, 6) is -1.28. The molecule has 4 unspecified atom stereocenters. The quantitative estimate of drug-likeness (QED) is 0.0681. The van der Waals surface area contributed by atoms with Gasteiger partial charge in [0.1, 0.15) is 67.5 Å². The van der Waals surface area contributed by atoms with E-state index < -0.39 is 52.3 Å². The number of benzene rings is 4. The van der Waals surface area contributed by atoms with Gasteiger partial charge < -0.3 is 41.4 Å². The van der Waals surface area contributed by atoms with E-state index in [1.54, 1.807) is 72.8 Å². The molecule has 6 aromatic rings. The monoisotopic (exact) mass is 1030 g/mol. The zero-order chi connectivity index (χ0) is 50.7. The minimum atomic E-state index is -4.87. The minimum absolute atomic E-state index is 0.000787. The maximum absolute atomic E-state index is 14.5. The number of rotatable bonds is 20. The Morgan fingerprint density at radius 1 is 0.620 bits per heavy atom. The minimum Gasteiger partial charge on any atom is -0.491 e. The first-order chi connectivity index (χ1) is 34.0. The Balaban J connectivity index is 0.000000209. The van der Waals surface area contributed by atoms with Gasteiger partial charge in [0.2, 0.25) is 11.8 Å². The van der Waals surface area contributed by atoms with Gasteiger partial charge in [0, 0.05) is 12.0 Å². The van der Waals surface area contributed by atoms with E-state index in [0.29, 0.717) is 47.6 Å². The Morgan fingerprint density at radius 3 is 1.66 bits per heavy atom. The van der Waals surface area contributed by atoms with Crippen LogP contribution in [0.15, 0.2) is 124 Å². The molecule has 2 saturated heterocycles. The lowest BCUT2D eigenvalue weighted by atomic mass is 10.1. The summed E-state index contributed by atoms with van der Waals surface area (Å²) in [6.07, 6.45) is -5.30. The fourth-order valence-corrected chi connectivity index (χ4v) is 8.68. The van der Waals surface area contributed by atoms with Crippen LogP contribution < -0.4 is 36.5 Å². The summed E-state index contributed by atoms with van der Waals surface area (Å²) in [6.45, 7) is 2.93. The molecule has 2 N–H and O–H groups in total. The molecule has 374 valence electrons. The van der Waals surface area contributed by atoms with Gasteiger partial charge in [-0.15, -0.1) is 13.2 Å². The molecular weight excluding hydrogens is 985 g/mol. The normalized spacial score (nSPS) is 16.5. The third kappa shape index (κ3) is 15.0. The standard InChI is InChI=1S/C24H20F3NO8S.C24H22FNO7S/c1-13-18(35-23(31)34-13)11-33-19(15-3-2-4-17(10-15)36-24(25,26)27)12-32-16-7-5-14(6-8-16)9-20-21(29)28-22(30)37-20;1-2-18-20(33-24(29)32-18)13-31-19(16-5-3-4-6-17(16)25)12-30-15-9-7-14(8-10-15)11-21-22(27)26-23(28)34-21/h2-8,10,19-20H,9,11-12H2,1H3,(H,28,29,30);3-10,19,21H,2,11-13H2,1H3,(H,26,27,28). The molecule has 4 heterocycles. The lowest BCUT2D eigenvalue weighted by Gasteiger charge is -2.20. The number of halogens is 4. The maximum atomic E-state index is 14.5. The van der Waals surface area contributed by atoms with E-state index in [1.807, 2.05) is 6.92 Å². The molecule has 8 rings (SSSR count). The van der Waals surface area contributed by atoms with Gasteiger partial charge >= 0.3 is 18.0 Å². The molecule has 0 aliphatic carbocycles. The fourth-order valence-electron chi connectivity index (χ4n) is 6.96. The van der Waals surface area contributed by atoms with Crippen molar-refractivity contribution in [1.29, 1.82) is 0 Å². The summed E-state index contributed by atoms with van der Waals surface area (Å²) in [4.78, 5) is 68.9. The van der Waals surface area contributed by atoms with Gasteiger partial charge in [0.25, 0.3) is 10.5 Å². The van der Waals surface area contributed by atoms with E-state index >= 15 is 0 Å². The topological polar surface area (TPSA) is 225 Å². The van der Waals surface area contributed by atoms with E-state index in [9.17, 15) is 46.3 Å². The number of hydrogen-bond acceptors (Lipinski definition) is 17. The molecule has 0 saturated carbocycles. The highest BCUT2D eigenvalue weighted by atomic mass is 32.2. The predicted octanol–water partition coefficient (Wildman–Crippen LogP) is 8.84. The SMILES string of the molecule is CCc1oc(=O)oc1COC(COc1ccc(CC2SC(=O)NC2=O)cc1)c1ccccc1F.Cc1oc(=O)oc1COC(COc1ccc(CC2SC(=O)NC2=O)cc1)c1cccc(OC(F)(F)F)c1. The lowest BCUT2D eigenvalue weighted by molar-refractivity contribution is -0.274. The molecule has 4 atom stereocenters. The highest BCUT2D eigenvalue weighted by molar-refractivity contribution is 8.15. The van der Waals surface area contributed by atoms with Crippen LogP contribution in [0.1, 0.15) is 64.4 Å². The summed E-state index contributed by atoms with van der Waals surface area (Å²) in [6, 6.07) is 25.3. The van der Waals surface area contributed by atoms with Crippen LogP contribution in [0.4, 0.5) is 27.2 Å². The van der Waals surface area contributed by atoms with Gasteiger partial charge in [-0.3, -0.25) is 29.8 Å². The first-order valence-electron chi connectivity index (χ1n) is 21.5. The third-order valence-electron chi connectivity index (χ3n) is 10.5. The fraction of sp³-hybridized carbons (Fsp3) is 0.292. The van der Waals surface area contributed by atoms with Crippen LogP contribution in [-0.2, 0) is 51.5 Å². The number of amides is 4. The van der Waals surface area contributed by atoms with Crippen LogP contribution in [0.5, 0.6) is 17.2 Å². The number of hydrogen-bond donors (Lipinski definition) is 2. The van der Waals surface area contributed by atoms with Crippen molar-refractivity contribution in [3.8, 4) is 17.2 Å². The van der Waals surface area contributed by atoms with Crippen LogP contribution in [-0.4, -0.2) is 52.4 Å². The highest BCUT2D eigenvalue weighted by Crippen LogP contribution is 2.31. The van der Waals surface area contributed by atoms with Crippen LogP contribution in [0.25, 0.3) is 0 Å². The average molecular weight is 1030 g/mol. The number of imide groups is 2. The third-order valence-corrected chi connectivity index (χ3v) is 12.4. The Bertz CT molecular complexity index is 2930. The summed E-state index contributed by atoms with van der Waals surface area (Å²) >= 11 is 1.91. The number of nitrogens with one attached hydrogen (secondary N) is 2. The number of carbonyl (C=O) groups is 4. The molecule has 2 aliphatic heterocycles. The Hall–Kier alpha value is -7.08. The molecule has 2 aromatic heterocycles. The Labute approximate surface area is 408 Å². The van der Waals surface area contributed by atoms with Gasteiger partial charge in [0.05, 0.1) is 10.5 Å². The first kappa shape index (κ1) is 51.8. The number of thioether (sulfide) groups is 2. The summed E-state index contributed by atoms with van der Waals surface area (Å²) in [7, 11) is 0. The molecule has 4 aromatic carbocycles. The molecule has 0 bridgehead atoms. The van der Waals surface area contributed by atoms with Crippen LogP contribution in [0, 0.1) is 12.7 Å². The van der Waals surface area contributed by atoms with Crippen molar-refractivity contribution in [3.63, 3.8) is 0 Å². The molecule has 23 heteroatoms. The van der Waals surface area contributed by atoms with Gasteiger partial charge in [-0.25, -0.2) is 14.0 Å². The van der Waals surface area contributed by atoms with Gasteiger partial charge in [-0.05, 0) is 78.9 Å². The van der Waals surface area contributed by atoms with Crippen molar-refractivity contribution in [2.45, 2.75) is 75.4 Å². The predicted molar refractivity (Wildman–Crippen MR) is 244 cm³/mol. The molecule has 2 aliphatic rings. The van der Waals surface area contributed by atoms with E-state index in [-0.39, 0.29) is 66.0 Å². The van der Waals surface area contributed by atoms with Crippen molar-refractivity contribution in [1.82, 2.24) is 10.6 Å². The summed E-state index contributed by atoms with van der Waals surface area (Å²) in [5, 5.41) is 2.83. The average Bonchev–Trinajstić information content (AvgIpc) is 4.06. The zero-order valence-electron chi connectivity index (χ0n) is 37.4. The van der Waals surface area contributed by atoms with E-state index in [4.69, 9.17) is 36.6 Å². The van der Waals surface area contributed by atoms with E-state index in [0.717, 1.165) is 40.7 Å². The Kier molecular flexibility index (Phi) is 17.3. The smallest absolute Gasteiger partial charge is 0.491 e. The Morgan fingerprint density at radius 2 is 1.14 bits per heavy atom. The van der Waals surface area contributed by atoms with Crippen molar-refractivity contribution in [3.05, 3.63) is 169 Å². The number of alkyl halides is 3.